The van der Waals surface area contributed by atoms with Gasteiger partial charge in [0.25, 0.3) is 0 Å². The zero-order chi connectivity index (χ0) is 16.4. The van der Waals surface area contributed by atoms with Crippen molar-refractivity contribution in [2.75, 3.05) is 13.1 Å². The molecule has 126 valence electrons. The molecule has 0 bridgehead atoms. The van der Waals surface area contributed by atoms with Gasteiger partial charge in [-0.1, -0.05) is 30.3 Å². The SMILES string of the molecule is Cc1nc2sccn2c1CNC1CCN(Cc2ccccc2)CC1. The number of benzene rings is 1. The van der Waals surface area contributed by atoms with Gasteiger partial charge in [0.15, 0.2) is 4.96 Å². The van der Waals surface area contributed by atoms with E-state index >= 15 is 0 Å². The van der Waals surface area contributed by atoms with Crippen LogP contribution < -0.4 is 5.32 Å². The minimum atomic E-state index is 0.612. The highest BCUT2D eigenvalue weighted by atomic mass is 32.1. The summed E-state index contributed by atoms with van der Waals surface area (Å²) < 4.78 is 2.22. The first-order chi connectivity index (χ1) is 11.8. The van der Waals surface area contributed by atoms with Gasteiger partial charge in [0, 0.05) is 30.7 Å². The molecular formula is C19H24N4S. The monoisotopic (exact) mass is 340 g/mol. The van der Waals surface area contributed by atoms with Gasteiger partial charge in [0.05, 0.1) is 11.4 Å². The highest BCUT2D eigenvalue weighted by Gasteiger charge is 2.19. The molecule has 3 heterocycles. The van der Waals surface area contributed by atoms with Gasteiger partial charge >= 0.3 is 0 Å². The predicted molar refractivity (Wildman–Crippen MR) is 99.4 cm³/mol. The molecule has 1 saturated heterocycles. The summed E-state index contributed by atoms with van der Waals surface area (Å²) in [5.41, 5.74) is 3.87. The molecule has 0 unspecified atom stereocenters. The van der Waals surface area contributed by atoms with Crippen LogP contribution in [0.15, 0.2) is 41.9 Å². The zero-order valence-corrected chi connectivity index (χ0v) is 14.9. The van der Waals surface area contributed by atoms with Crippen LogP contribution in [0.25, 0.3) is 4.96 Å². The molecule has 4 nitrogen and oxygen atoms in total. The molecule has 0 saturated carbocycles. The average molecular weight is 340 g/mol. The first kappa shape index (κ1) is 15.8. The van der Waals surface area contributed by atoms with E-state index in [2.05, 4.69) is 68.4 Å². The smallest absolute Gasteiger partial charge is 0.194 e. The second-order valence-corrected chi connectivity index (χ2v) is 7.49. The van der Waals surface area contributed by atoms with Crippen LogP contribution in [0.1, 0.15) is 29.8 Å². The van der Waals surface area contributed by atoms with E-state index < -0.39 is 0 Å². The van der Waals surface area contributed by atoms with Crippen LogP contribution in [0.5, 0.6) is 0 Å². The Morgan fingerprint density at radius 3 is 2.79 bits per heavy atom. The van der Waals surface area contributed by atoms with Crippen molar-refractivity contribution >= 4 is 16.3 Å². The third-order valence-corrected chi connectivity index (χ3v) is 5.71. The van der Waals surface area contributed by atoms with Crippen molar-refractivity contribution in [2.45, 2.75) is 38.9 Å². The molecule has 2 aromatic heterocycles. The van der Waals surface area contributed by atoms with Crippen molar-refractivity contribution in [1.82, 2.24) is 19.6 Å². The predicted octanol–water partition coefficient (Wildman–Crippen LogP) is 3.46. The van der Waals surface area contributed by atoms with E-state index in [1.54, 1.807) is 11.3 Å². The summed E-state index contributed by atoms with van der Waals surface area (Å²) in [6, 6.07) is 11.4. The second kappa shape index (κ2) is 7.05. The fourth-order valence-electron chi connectivity index (χ4n) is 3.53. The Morgan fingerprint density at radius 1 is 1.21 bits per heavy atom. The Morgan fingerprint density at radius 2 is 2.00 bits per heavy atom. The lowest BCUT2D eigenvalue weighted by Gasteiger charge is -2.32. The van der Waals surface area contributed by atoms with Gasteiger partial charge < -0.3 is 5.32 Å². The number of thiazole rings is 1. The Bertz CT molecular complexity index is 784. The number of aromatic nitrogens is 2. The van der Waals surface area contributed by atoms with Crippen molar-refractivity contribution in [3.8, 4) is 0 Å². The molecular weight excluding hydrogens is 316 g/mol. The third-order valence-electron chi connectivity index (χ3n) is 4.96. The van der Waals surface area contributed by atoms with Crippen molar-refractivity contribution in [1.29, 1.82) is 0 Å². The summed E-state index contributed by atoms with van der Waals surface area (Å²) in [5, 5.41) is 5.85. The molecule has 4 rings (SSSR count). The zero-order valence-electron chi connectivity index (χ0n) is 14.1. The standard InChI is InChI=1S/C19H24N4S/c1-15-18(23-11-12-24-19(23)21-15)13-20-17-7-9-22(10-8-17)14-16-5-3-2-4-6-16/h2-6,11-12,17,20H,7-10,13-14H2,1H3. The van der Waals surface area contributed by atoms with Crippen LogP contribution in [0, 0.1) is 6.92 Å². The molecule has 0 spiro atoms. The molecule has 1 aliphatic rings. The van der Waals surface area contributed by atoms with Gasteiger partial charge in [0.2, 0.25) is 0 Å². The normalized spacial score (nSPS) is 16.9. The molecule has 3 aromatic rings. The molecule has 0 radical (unpaired) electrons. The maximum absolute atomic E-state index is 4.63. The number of rotatable bonds is 5. The van der Waals surface area contributed by atoms with Gasteiger partial charge in [-0.05, 0) is 38.4 Å². The largest absolute Gasteiger partial charge is 0.308 e. The fraction of sp³-hybridized carbons (Fsp3) is 0.421. The van der Waals surface area contributed by atoms with Crippen molar-refractivity contribution in [3.05, 3.63) is 58.9 Å². The molecule has 24 heavy (non-hydrogen) atoms. The van der Waals surface area contributed by atoms with Gasteiger partial charge in [-0.15, -0.1) is 11.3 Å². The van der Waals surface area contributed by atoms with Crippen LogP contribution in [0.4, 0.5) is 0 Å². The van der Waals surface area contributed by atoms with Crippen LogP contribution >= 0.6 is 11.3 Å². The topological polar surface area (TPSA) is 32.6 Å². The maximum atomic E-state index is 4.63. The van der Waals surface area contributed by atoms with E-state index in [0.717, 1.165) is 23.7 Å². The summed E-state index contributed by atoms with van der Waals surface area (Å²) in [5.74, 6) is 0. The summed E-state index contributed by atoms with van der Waals surface area (Å²) >= 11 is 1.70. The number of nitrogens with zero attached hydrogens (tertiary/aromatic N) is 3. The molecule has 1 fully saturated rings. The Hall–Kier alpha value is -1.69. The van der Waals surface area contributed by atoms with E-state index in [1.807, 2.05) is 0 Å². The highest BCUT2D eigenvalue weighted by molar-refractivity contribution is 7.15. The molecule has 1 aliphatic heterocycles. The van der Waals surface area contributed by atoms with Crippen molar-refractivity contribution in [3.63, 3.8) is 0 Å². The fourth-order valence-corrected chi connectivity index (χ4v) is 4.31. The Balaban J connectivity index is 1.29. The number of nitrogens with one attached hydrogen (secondary N) is 1. The number of fused-ring (bicyclic) bond motifs is 1. The Kier molecular flexibility index (Phi) is 4.65. The van der Waals surface area contributed by atoms with Crippen molar-refractivity contribution in [2.24, 2.45) is 0 Å². The molecule has 0 amide bonds. The summed E-state index contributed by atoms with van der Waals surface area (Å²) in [7, 11) is 0. The highest BCUT2D eigenvalue weighted by Crippen LogP contribution is 2.18. The van der Waals surface area contributed by atoms with Crippen molar-refractivity contribution < 1.29 is 0 Å². The van der Waals surface area contributed by atoms with Gasteiger partial charge in [-0.3, -0.25) is 9.30 Å². The van der Waals surface area contributed by atoms with Crippen LogP contribution in [0.2, 0.25) is 0 Å². The number of likely N-dealkylation sites (tertiary alicyclic amines) is 1. The lowest BCUT2D eigenvalue weighted by atomic mass is 10.0. The van der Waals surface area contributed by atoms with Crippen LogP contribution in [0.3, 0.4) is 0 Å². The lowest BCUT2D eigenvalue weighted by Crippen LogP contribution is -2.42. The molecule has 0 aliphatic carbocycles. The first-order valence-corrected chi connectivity index (χ1v) is 9.58. The van der Waals surface area contributed by atoms with E-state index in [-0.39, 0.29) is 0 Å². The summed E-state index contributed by atoms with van der Waals surface area (Å²) in [6.45, 7) is 6.44. The van der Waals surface area contributed by atoms with E-state index in [4.69, 9.17) is 0 Å². The number of hydrogen-bond donors (Lipinski definition) is 1. The van der Waals surface area contributed by atoms with Gasteiger partial charge in [-0.2, -0.15) is 0 Å². The minimum absolute atomic E-state index is 0.612. The Labute approximate surface area is 147 Å². The van der Waals surface area contributed by atoms with E-state index in [1.165, 1.54) is 37.2 Å². The average Bonchev–Trinajstić information content (AvgIpc) is 3.16. The molecule has 1 aromatic carbocycles. The number of aryl methyl sites for hydroxylation is 1. The van der Waals surface area contributed by atoms with Gasteiger partial charge in [-0.25, -0.2) is 4.98 Å². The molecule has 5 heteroatoms. The summed E-state index contributed by atoms with van der Waals surface area (Å²) in [4.78, 5) is 8.29. The number of hydrogen-bond acceptors (Lipinski definition) is 4. The maximum Gasteiger partial charge on any atom is 0.194 e. The number of piperidine rings is 1. The lowest BCUT2D eigenvalue weighted by molar-refractivity contribution is 0.190. The summed E-state index contributed by atoms with van der Waals surface area (Å²) in [6.07, 6.45) is 4.56. The third kappa shape index (κ3) is 3.38. The second-order valence-electron chi connectivity index (χ2n) is 6.62. The van der Waals surface area contributed by atoms with Crippen LogP contribution in [-0.4, -0.2) is 33.4 Å². The number of imidazole rings is 1. The van der Waals surface area contributed by atoms with E-state index in [0.29, 0.717) is 6.04 Å². The molecule has 1 N–H and O–H groups in total. The van der Waals surface area contributed by atoms with Gasteiger partial charge in [0.1, 0.15) is 0 Å². The minimum Gasteiger partial charge on any atom is -0.308 e. The molecule has 0 atom stereocenters. The quantitative estimate of drug-likeness (QED) is 0.772. The first-order valence-electron chi connectivity index (χ1n) is 8.70. The van der Waals surface area contributed by atoms with Crippen LogP contribution in [-0.2, 0) is 13.1 Å². The van der Waals surface area contributed by atoms with E-state index in [9.17, 15) is 0 Å².